The first-order valence-electron chi connectivity index (χ1n) is 9.84. The van der Waals surface area contributed by atoms with E-state index >= 15 is 0 Å². The van der Waals surface area contributed by atoms with Gasteiger partial charge in [-0.2, -0.15) is 4.98 Å². The lowest BCUT2D eigenvalue weighted by Crippen LogP contribution is -2.37. The van der Waals surface area contributed by atoms with Crippen molar-refractivity contribution in [1.82, 2.24) is 25.0 Å². The van der Waals surface area contributed by atoms with Gasteiger partial charge in [0, 0.05) is 11.6 Å². The van der Waals surface area contributed by atoms with Crippen LogP contribution in [-0.2, 0) is 17.8 Å². The first-order chi connectivity index (χ1) is 14.9. The molecule has 2 N–H and O–H groups in total. The third-order valence-electron chi connectivity index (χ3n) is 4.80. The zero-order chi connectivity index (χ0) is 22.0. The highest BCUT2D eigenvalue weighted by molar-refractivity contribution is 5.80. The number of hydrogen-bond acceptors (Lipinski definition) is 6. The van der Waals surface area contributed by atoms with Crippen molar-refractivity contribution in [3.8, 4) is 11.4 Å². The van der Waals surface area contributed by atoms with Gasteiger partial charge in [0.1, 0.15) is 0 Å². The number of benzene rings is 2. The van der Waals surface area contributed by atoms with Gasteiger partial charge in [-0.05, 0) is 37.6 Å². The Morgan fingerprint density at radius 3 is 2.68 bits per heavy atom. The minimum Gasteiger partial charge on any atom is -0.347 e. The number of hydrogen-bond donors (Lipinski definition) is 2. The number of fused-ring (bicyclic) bond motifs is 1. The Kier molecular flexibility index (Phi) is 5.48. The summed E-state index contributed by atoms with van der Waals surface area (Å²) in [5, 5.41) is 6.71. The molecule has 0 saturated heterocycles. The molecule has 4 aromatic rings. The molecule has 2 aromatic heterocycles. The van der Waals surface area contributed by atoms with E-state index in [0.29, 0.717) is 22.4 Å². The zero-order valence-electron chi connectivity index (χ0n) is 17.1. The number of aromatic nitrogens is 4. The molecule has 0 aliphatic carbocycles. The Hall–Kier alpha value is -4.01. The second kappa shape index (κ2) is 8.39. The molecule has 0 unspecified atom stereocenters. The molecule has 0 saturated carbocycles. The quantitative estimate of drug-likeness (QED) is 0.462. The monoisotopic (exact) mass is 419 g/mol. The highest BCUT2D eigenvalue weighted by atomic mass is 16.5. The van der Waals surface area contributed by atoms with Gasteiger partial charge in [-0.3, -0.25) is 19.0 Å². The van der Waals surface area contributed by atoms with Crippen LogP contribution in [0.15, 0.2) is 62.6 Å². The largest absolute Gasteiger partial charge is 0.347 e. The van der Waals surface area contributed by atoms with Crippen molar-refractivity contribution in [3.05, 3.63) is 80.7 Å². The van der Waals surface area contributed by atoms with Crippen molar-refractivity contribution in [2.24, 2.45) is 0 Å². The number of nitrogens with zero attached hydrogens (tertiary/aromatic N) is 3. The third-order valence-corrected chi connectivity index (χ3v) is 4.80. The van der Waals surface area contributed by atoms with E-state index in [1.165, 1.54) is 4.57 Å². The van der Waals surface area contributed by atoms with Gasteiger partial charge in [0.05, 0.1) is 24.0 Å². The highest BCUT2D eigenvalue weighted by Gasteiger charge is 2.14. The molecule has 1 amide bonds. The van der Waals surface area contributed by atoms with E-state index in [-0.39, 0.29) is 30.8 Å². The summed E-state index contributed by atoms with van der Waals surface area (Å²) in [6.07, 6.45) is 0.261. The summed E-state index contributed by atoms with van der Waals surface area (Å²) < 4.78 is 6.68. The highest BCUT2D eigenvalue weighted by Crippen LogP contribution is 2.21. The number of amides is 1. The molecule has 31 heavy (non-hydrogen) atoms. The lowest BCUT2D eigenvalue weighted by atomic mass is 10.1. The van der Waals surface area contributed by atoms with Gasteiger partial charge >= 0.3 is 11.1 Å². The normalized spacial score (nSPS) is 11.2. The molecule has 9 heteroatoms. The fraction of sp³-hybridized carbons (Fsp3) is 0.227. The summed E-state index contributed by atoms with van der Waals surface area (Å²) in [6, 6.07) is 14.4. The molecule has 0 atom stereocenters. The van der Waals surface area contributed by atoms with Crippen LogP contribution in [-0.4, -0.2) is 25.6 Å². The van der Waals surface area contributed by atoms with E-state index < -0.39 is 11.1 Å². The molecule has 9 nitrogen and oxygen atoms in total. The molecule has 0 radical (unpaired) electrons. The van der Waals surface area contributed by atoms with E-state index in [0.717, 1.165) is 5.56 Å². The fourth-order valence-corrected chi connectivity index (χ4v) is 3.35. The van der Waals surface area contributed by atoms with Crippen LogP contribution in [0, 0.1) is 0 Å². The van der Waals surface area contributed by atoms with Crippen molar-refractivity contribution in [2.75, 3.05) is 0 Å². The maximum Gasteiger partial charge on any atom is 0.316 e. The van der Waals surface area contributed by atoms with Crippen LogP contribution in [0.3, 0.4) is 0 Å². The average Bonchev–Trinajstić information content (AvgIpc) is 3.22. The lowest BCUT2D eigenvalue weighted by molar-refractivity contribution is -0.120. The minimum absolute atomic E-state index is 0.107. The van der Waals surface area contributed by atoms with E-state index in [4.69, 9.17) is 4.52 Å². The molecular weight excluding hydrogens is 398 g/mol. The Balaban J connectivity index is 1.52. The Morgan fingerprint density at radius 2 is 1.94 bits per heavy atom. The molecule has 2 aromatic carbocycles. The molecule has 2 heterocycles. The van der Waals surface area contributed by atoms with Crippen molar-refractivity contribution in [1.29, 1.82) is 0 Å². The van der Waals surface area contributed by atoms with Crippen LogP contribution >= 0.6 is 0 Å². The zero-order valence-corrected chi connectivity index (χ0v) is 17.1. The third kappa shape index (κ3) is 4.30. The van der Waals surface area contributed by atoms with Crippen LogP contribution in [0.25, 0.3) is 22.4 Å². The summed E-state index contributed by atoms with van der Waals surface area (Å²) in [4.78, 5) is 43.2. The summed E-state index contributed by atoms with van der Waals surface area (Å²) >= 11 is 0. The number of nitrogens with one attached hydrogen (secondary N) is 2. The van der Waals surface area contributed by atoms with Crippen LogP contribution in [0.5, 0.6) is 0 Å². The van der Waals surface area contributed by atoms with E-state index in [2.05, 4.69) is 20.4 Å². The Bertz CT molecular complexity index is 1350. The minimum atomic E-state index is -0.687. The fourth-order valence-electron chi connectivity index (χ4n) is 3.35. The Labute approximate surface area is 176 Å². The van der Waals surface area contributed by atoms with Crippen molar-refractivity contribution >= 4 is 16.9 Å². The van der Waals surface area contributed by atoms with Gasteiger partial charge in [0.25, 0.3) is 0 Å². The summed E-state index contributed by atoms with van der Waals surface area (Å²) in [6.45, 7) is 3.79. The maximum absolute atomic E-state index is 12.2. The number of carbonyl (C=O) groups excluding carboxylic acids is 1. The van der Waals surface area contributed by atoms with Crippen LogP contribution in [0.1, 0.15) is 31.3 Å². The second-order valence-corrected chi connectivity index (χ2v) is 7.41. The van der Waals surface area contributed by atoms with Gasteiger partial charge in [-0.25, -0.2) is 0 Å². The number of H-pyrrole nitrogens is 1. The van der Waals surface area contributed by atoms with E-state index in [1.807, 2.05) is 44.2 Å². The number of rotatable bonds is 6. The number of carbonyl (C=O) groups is 1. The van der Waals surface area contributed by atoms with E-state index in [9.17, 15) is 14.4 Å². The van der Waals surface area contributed by atoms with Gasteiger partial charge < -0.3 is 14.8 Å². The summed E-state index contributed by atoms with van der Waals surface area (Å²) in [5.74, 6) is 0.426. The van der Waals surface area contributed by atoms with Gasteiger partial charge in [-0.1, -0.05) is 35.5 Å². The van der Waals surface area contributed by atoms with Crippen molar-refractivity contribution in [3.63, 3.8) is 0 Å². The molecule has 0 aliphatic heterocycles. The smallest absolute Gasteiger partial charge is 0.316 e. The molecule has 4 rings (SSSR count). The predicted octanol–water partition coefficient (Wildman–Crippen LogP) is 2.18. The SMILES string of the molecule is CC(C)n1c(=O)c(=O)[nH]c2cc(-c3noc(CNC(=O)Cc4ccccc4)n3)ccc21. The first kappa shape index (κ1) is 20.3. The first-order valence-corrected chi connectivity index (χ1v) is 9.84. The van der Waals surface area contributed by atoms with Crippen LogP contribution < -0.4 is 16.4 Å². The second-order valence-electron chi connectivity index (χ2n) is 7.41. The Morgan fingerprint density at radius 1 is 1.16 bits per heavy atom. The molecular formula is C22H21N5O4. The molecule has 0 aliphatic rings. The number of aromatic amines is 1. The van der Waals surface area contributed by atoms with Crippen LogP contribution in [0.4, 0.5) is 0 Å². The summed E-state index contributed by atoms with van der Waals surface area (Å²) in [5.41, 5.74) is 1.36. The molecule has 0 spiro atoms. The van der Waals surface area contributed by atoms with Gasteiger partial charge in [0.2, 0.25) is 17.6 Å². The standard InChI is InChI=1S/C22H21N5O4/c1-13(2)27-17-9-8-15(11-16(17)24-21(29)22(27)30)20-25-19(31-26-20)12-23-18(28)10-14-6-4-3-5-7-14/h3-9,11,13H,10,12H2,1-2H3,(H,23,28)(H,24,29). The van der Waals surface area contributed by atoms with E-state index in [1.54, 1.807) is 18.2 Å². The molecule has 0 bridgehead atoms. The summed E-state index contributed by atoms with van der Waals surface area (Å²) in [7, 11) is 0. The average molecular weight is 419 g/mol. The molecule has 158 valence electrons. The van der Waals surface area contributed by atoms with Crippen LogP contribution in [0.2, 0.25) is 0 Å². The predicted molar refractivity (Wildman–Crippen MR) is 114 cm³/mol. The van der Waals surface area contributed by atoms with Gasteiger partial charge in [-0.15, -0.1) is 0 Å². The van der Waals surface area contributed by atoms with Gasteiger partial charge in [0.15, 0.2) is 0 Å². The molecule has 0 fully saturated rings. The van der Waals surface area contributed by atoms with Crippen molar-refractivity contribution in [2.45, 2.75) is 32.9 Å². The maximum atomic E-state index is 12.2. The topological polar surface area (TPSA) is 123 Å². The van der Waals surface area contributed by atoms with Crippen molar-refractivity contribution < 1.29 is 9.32 Å². The lowest BCUT2D eigenvalue weighted by Gasteiger charge is -2.13.